The van der Waals surface area contributed by atoms with Gasteiger partial charge in [-0.15, -0.1) is 0 Å². The van der Waals surface area contributed by atoms with E-state index in [4.69, 9.17) is 0 Å². The van der Waals surface area contributed by atoms with Gasteiger partial charge in [-0.3, -0.25) is 14.4 Å². The molecular formula is C28H25N3O6S. The number of aliphatic carboxylic acids is 1. The second kappa shape index (κ2) is 9.86. The van der Waals surface area contributed by atoms with Crippen molar-refractivity contribution in [1.82, 2.24) is 14.9 Å². The van der Waals surface area contributed by atoms with Crippen LogP contribution in [0.1, 0.15) is 28.3 Å². The molecule has 1 fully saturated rings. The van der Waals surface area contributed by atoms with Crippen LogP contribution in [-0.2, 0) is 14.6 Å². The van der Waals surface area contributed by atoms with Crippen LogP contribution in [0.3, 0.4) is 0 Å². The first-order valence-electron chi connectivity index (χ1n) is 12.0. The average Bonchev–Trinajstić information content (AvgIpc) is 3.70. The molecule has 0 bridgehead atoms. The predicted octanol–water partition coefficient (Wildman–Crippen LogP) is 3.02. The fourth-order valence-corrected chi connectivity index (χ4v) is 5.03. The van der Waals surface area contributed by atoms with Gasteiger partial charge in [-0.2, -0.15) is 0 Å². The lowest BCUT2D eigenvalue weighted by molar-refractivity contribution is -0.138. The van der Waals surface area contributed by atoms with Crippen LogP contribution in [0.4, 0.5) is 0 Å². The maximum atomic E-state index is 13.1. The summed E-state index contributed by atoms with van der Waals surface area (Å²) in [4.78, 5) is 41.5. The Bertz CT molecular complexity index is 1730. The number of carboxylic acid groups (broad SMARTS) is 1. The van der Waals surface area contributed by atoms with Gasteiger partial charge in [0, 0.05) is 30.9 Å². The molecule has 4 aromatic rings. The zero-order chi connectivity index (χ0) is 27.0. The van der Waals surface area contributed by atoms with E-state index in [1.807, 2.05) is 48.5 Å². The molecule has 38 heavy (non-hydrogen) atoms. The number of nitrogens with zero attached hydrogens (tertiary/aromatic N) is 2. The van der Waals surface area contributed by atoms with Crippen molar-refractivity contribution in [2.45, 2.75) is 12.3 Å². The minimum atomic E-state index is -3.27. The van der Waals surface area contributed by atoms with Crippen LogP contribution in [0.2, 0.25) is 0 Å². The third kappa shape index (κ3) is 5.21. The lowest BCUT2D eigenvalue weighted by atomic mass is 10.0. The third-order valence-electron chi connectivity index (χ3n) is 6.67. The van der Waals surface area contributed by atoms with Gasteiger partial charge in [0.25, 0.3) is 5.91 Å². The van der Waals surface area contributed by atoms with E-state index < -0.39 is 27.1 Å². The van der Waals surface area contributed by atoms with Crippen LogP contribution >= 0.6 is 0 Å². The predicted molar refractivity (Wildman–Crippen MR) is 143 cm³/mol. The van der Waals surface area contributed by atoms with Gasteiger partial charge < -0.3 is 15.0 Å². The number of benzene rings is 2. The number of carboxylic acids is 1. The van der Waals surface area contributed by atoms with E-state index in [0.717, 1.165) is 22.9 Å². The average molecular weight is 532 g/mol. The molecule has 0 aliphatic heterocycles. The summed E-state index contributed by atoms with van der Waals surface area (Å²) < 4.78 is 24.5. The highest BCUT2D eigenvalue weighted by Crippen LogP contribution is 2.47. The molecule has 5 rings (SSSR count). The van der Waals surface area contributed by atoms with Crippen LogP contribution in [0, 0.1) is 5.92 Å². The molecule has 2 N–H and O–H groups in total. The zero-order valence-corrected chi connectivity index (χ0v) is 21.3. The maximum Gasteiger partial charge on any atom is 0.307 e. The lowest BCUT2D eigenvalue weighted by Crippen LogP contribution is -2.33. The van der Waals surface area contributed by atoms with Crippen LogP contribution in [0.25, 0.3) is 27.8 Å². The molecule has 10 heteroatoms. The van der Waals surface area contributed by atoms with Gasteiger partial charge in [-0.1, -0.05) is 36.4 Å². The Morgan fingerprint density at radius 3 is 2.53 bits per heavy atom. The van der Waals surface area contributed by atoms with Crippen molar-refractivity contribution in [1.29, 1.82) is 0 Å². The smallest absolute Gasteiger partial charge is 0.307 e. The number of rotatable bonds is 8. The number of hydrogen-bond donors (Lipinski definition) is 2. The standard InChI is InChI=1S/C28H25N3O6S/c1-38(36,37)13-12-30-27(33)24-16-31(26-21(25(24)32)6-3-11-29-26)20-5-2-4-19(14-20)17-7-9-18(10-8-17)22-15-23(22)28(34)35/h2-11,14,16,22-23H,12-13,15H2,1H3,(H,30,33)(H,34,35)/t22-,23+/m0/s1. The van der Waals surface area contributed by atoms with Crippen molar-refractivity contribution in [3.05, 3.63) is 94.4 Å². The molecule has 2 aromatic carbocycles. The Morgan fingerprint density at radius 2 is 1.84 bits per heavy atom. The third-order valence-corrected chi connectivity index (χ3v) is 7.62. The Hall–Kier alpha value is -4.31. The SMILES string of the molecule is CS(=O)(=O)CCNC(=O)c1cn(-c2cccc(-c3ccc([C@@H]4C[C@H]4C(=O)O)cc3)c2)c2ncccc2c1=O. The number of fused-ring (bicyclic) bond motifs is 1. The number of aromatic nitrogens is 2. The van der Waals surface area contributed by atoms with Crippen molar-refractivity contribution in [3.63, 3.8) is 0 Å². The molecule has 2 atom stereocenters. The number of sulfone groups is 1. The minimum Gasteiger partial charge on any atom is -0.481 e. The molecule has 0 saturated heterocycles. The van der Waals surface area contributed by atoms with Crippen LogP contribution < -0.4 is 10.7 Å². The fourth-order valence-electron chi connectivity index (χ4n) is 4.56. The van der Waals surface area contributed by atoms with E-state index in [0.29, 0.717) is 17.8 Å². The largest absolute Gasteiger partial charge is 0.481 e. The van der Waals surface area contributed by atoms with E-state index in [2.05, 4.69) is 10.3 Å². The summed E-state index contributed by atoms with van der Waals surface area (Å²) in [6.07, 6.45) is 4.72. The molecule has 194 valence electrons. The van der Waals surface area contributed by atoms with Crippen molar-refractivity contribution in [2.24, 2.45) is 5.92 Å². The van der Waals surface area contributed by atoms with E-state index in [1.54, 1.807) is 22.9 Å². The molecule has 0 spiro atoms. The van der Waals surface area contributed by atoms with Gasteiger partial charge in [-0.05, 0) is 53.3 Å². The Balaban J connectivity index is 1.50. The van der Waals surface area contributed by atoms with E-state index in [1.165, 1.54) is 6.20 Å². The highest BCUT2D eigenvalue weighted by molar-refractivity contribution is 7.90. The minimum absolute atomic E-state index is 0.0495. The normalized spacial score (nSPS) is 16.8. The molecule has 0 radical (unpaired) electrons. The summed E-state index contributed by atoms with van der Waals surface area (Å²) >= 11 is 0. The number of nitrogens with one attached hydrogen (secondary N) is 1. The second-order valence-corrected chi connectivity index (χ2v) is 11.7. The first kappa shape index (κ1) is 25.3. The molecular weight excluding hydrogens is 506 g/mol. The molecule has 2 heterocycles. The Kier molecular flexibility index (Phi) is 6.58. The number of hydrogen-bond acceptors (Lipinski definition) is 6. The van der Waals surface area contributed by atoms with Crippen molar-refractivity contribution >= 4 is 32.7 Å². The summed E-state index contributed by atoms with van der Waals surface area (Å²) in [5, 5.41) is 12.0. The van der Waals surface area contributed by atoms with Crippen LogP contribution in [0.15, 0.2) is 77.9 Å². The van der Waals surface area contributed by atoms with Gasteiger partial charge in [0.05, 0.1) is 17.1 Å². The molecule has 1 aliphatic rings. The van der Waals surface area contributed by atoms with Gasteiger partial charge in [0.15, 0.2) is 0 Å². The molecule has 0 unspecified atom stereocenters. The number of carbonyl (C=O) groups excluding carboxylic acids is 1. The van der Waals surface area contributed by atoms with Crippen molar-refractivity contribution in [3.8, 4) is 16.8 Å². The summed E-state index contributed by atoms with van der Waals surface area (Å²) in [6, 6.07) is 18.6. The molecule has 1 aliphatic carbocycles. The van der Waals surface area contributed by atoms with E-state index in [9.17, 15) is 27.9 Å². The first-order chi connectivity index (χ1) is 18.1. The first-order valence-corrected chi connectivity index (χ1v) is 14.1. The molecule has 2 aromatic heterocycles. The number of amides is 1. The van der Waals surface area contributed by atoms with Crippen molar-refractivity contribution in [2.75, 3.05) is 18.6 Å². The highest BCUT2D eigenvalue weighted by Gasteiger charge is 2.44. The van der Waals surface area contributed by atoms with Crippen LogP contribution in [-0.4, -0.2) is 53.5 Å². The van der Waals surface area contributed by atoms with E-state index in [-0.39, 0.29) is 35.1 Å². The molecule has 9 nitrogen and oxygen atoms in total. The summed E-state index contributed by atoms with van der Waals surface area (Å²) in [5.74, 6) is -1.93. The Morgan fingerprint density at radius 1 is 1.08 bits per heavy atom. The summed E-state index contributed by atoms with van der Waals surface area (Å²) in [6.45, 7) is -0.109. The Labute approximate surface area is 218 Å². The van der Waals surface area contributed by atoms with Gasteiger partial charge in [0.2, 0.25) is 5.43 Å². The van der Waals surface area contributed by atoms with Crippen molar-refractivity contribution < 1.29 is 23.1 Å². The fraction of sp³-hybridized carbons (Fsp3) is 0.214. The zero-order valence-electron chi connectivity index (χ0n) is 20.5. The molecule has 1 amide bonds. The molecule has 1 saturated carbocycles. The van der Waals surface area contributed by atoms with Crippen LogP contribution in [0.5, 0.6) is 0 Å². The quantitative estimate of drug-likeness (QED) is 0.357. The summed E-state index contributed by atoms with van der Waals surface area (Å²) in [5.41, 5.74) is 3.26. The second-order valence-electron chi connectivity index (χ2n) is 9.46. The van der Waals surface area contributed by atoms with E-state index >= 15 is 0 Å². The monoisotopic (exact) mass is 531 g/mol. The topological polar surface area (TPSA) is 135 Å². The van der Waals surface area contributed by atoms with Gasteiger partial charge in [0.1, 0.15) is 21.0 Å². The summed E-state index contributed by atoms with van der Waals surface area (Å²) in [7, 11) is -3.27. The van der Waals surface area contributed by atoms with Gasteiger partial charge >= 0.3 is 5.97 Å². The van der Waals surface area contributed by atoms with Gasteiger partial charge in [-0.25, -0.2) is 13.4 Å². The highest BCUT2D eigenvalue weighted by atomic mass is 32.2. The number of pyridine rings is 2. The maximum absolute atomic E-state index is 13.1. The number of carbonyl (C=O) groups is 2. The lowest BCUT2D eigenvalue weighted by Gasteiger charge is -2.14.